The molecule has 0 spiro atoms. The number of carbonyl (C=O) groups is 2. The smallest absolute Gasteiger partial charge is 0.337 e. The van der Waals surface area contributed by atoms with Crippen LogP contribution in [0.15, 0.2) is 18.2 Å². The van der Waals surface area contributed by atoms with E-state index in [0.717, 1.165) is 0 Å². The van der Waals surface area contributed by atoms with Crippen molar-refractivity contribution in [3.63, 3.8) is 0 Å². The molecule has 0 heterocycles. The average molecular weight is 287 g/mol. The van der Waals surface area contributed by atoms with Gasteiger partial charge in [0.1, 0.15) is 11.1 Å². The maximum absolute atomic E-state index is 11.3. The minimum atomic E-state index is -1.66. The fourth-order valence-electron chi connectivity index (χ4n) is 1.58. The Balaban J connectivity index is 3.25. The minimum Gasteiger partial charge on any atom is -0.494 e. The number of hydrogen-bond acceptors (Lipinski definition) is 4. The highest BCUT2D eigenvalue weighted by atomic mass is 35.5. The molecule has 0 aliphatic heterocycles. The van der Waals surface area contributed by atoms with E-state index in [4.69, 9.17) is 21.4 Å². The van der Waals surface area contributed by atoms with Crippen molar-refractivity contribution in [2.24, 2.45) is 0 Å². The maximum atomic E-state index is 11.3. The van der Waals surface area contributed by atoms with Crippen molar-refractivity contribution in [2.75, 3.05) is 6.61 Å². The van der Waals surface area contributed by atoms with E-state index in [1.54, 1.807) is 6.92 Å². The number of ketones is 1. The lowest BCUT2D eigenvalue weighted by Crippen LogP contribution is -2.12. The summed E-state index contributed by atoms with van der Waals surface area (Å²) in [4.78, 5) is 22.1. The van der Waals surface area contributed by atoms with Crippen molar-refractivity contribution >= 4 is 23.4 Å². The van der Waals surface area contributed by atoms with Crippen molar-refractivity contribution in [2.45, 2.75) is 25.3 Å². The predicted molar refractivity (Wildman–Crippen MR) is 69.5 cm³/mol. The highest BCUT2D eigenvalue weighted by Crippen LogP contribution is 2.33. The highest BCUT2D eigenvalue weighted by molar-refractivity contribution is 6.31. The summed E-state index contributed by atoms with van der Waals surface area (Å²) in [6, 6.07) is 4.30. The quantitative estimate of drug-likeness (QED) is 0.782. The Hall–Kier alpha value is -1.59. The first kappa shape index (κ1) is 15.5. The highest BCUT2D eigenvalue weighted by Gasteiger charge is 2.22. The third kappa shape index (κ3) is 3.68. The van der Waals surface area contributed by atoms with Crippen molar-refractivity contribution in [3.8, 4) is 5.75 Å². The lowest BCUT2D eigenvalue weighted by molar-refractivity contribution is -0.146. The van der Waals surface area contributed by atoms with Gasteiger partial charge in [0, 0.05) is 5.56 Å². The van der Waals surface area contributed by atoms with Crippen molar-refractivity contribution < 1.29 is 24.5 Å². The number of hydrogen-bond donors (Lipinski definition) is 2. The summed E-state index contributed by atoms with van der Waals surface area (Å²) >= 11 is 5.98. The number of Topliss-reactive ketones (excluding diaryl/α,β-unsaturated/α-hetero) is 1. The molecule has 2 N–H and O–H groups in total. The zero-order valence-electron chi connectivity index (χ0n) is 10.6. The van der Waals surface area contributed by atoms with Gasteiger partial charge in [0.05, 0.1) is 6.61 Å². The van der Waals surface area contributed by atoms with E-state index in [9.17, 15) is 14.7 Å². The van der Waals surface area contributed by atoms with Crippen LogP contribution in [-0.2, 0) is 9.59 Å². The summed E-state index contributed by atoms with van der Waals surface area (Å²) in [7, 11) is 0. The molecular weight excluding hydrogens is 272 g/mol. The van der Waals surface area contributed by atoms with Crippen molar-refractivity contribution in [1.82, 2.24) is 0 Å². The SMILES string of the molecule is CCOc1ccc(C(O)C(=O)O)cc1C(Cl)C(C)=O. The van der Waals surface area contributed by atoms with Crippen LogP contribution >= 0.6 is 11.6 Å². The second kappa shape index (κ2) is 6.54. The van der Waals surface area contributed by atoms with Gasteiger partial charge in [-0.25, -0.2) is 4.79 Å². The number of halogens is 1. The van der Waals surface area contributed by atoms with Gasteiger partial charge in [0.15, 0.2) is 11.9 Å². The molecule has 1 aromatic rings. The Morgan fingerprint density at radius 3 is 2.53 bits per heavy atom. The first-order chi connectivity index (χ1) is 8.88. The Morgan fingerprint density at radius 2 is 2.05 bits per heavy atom. The Bertz CT molecular complexity index is 486. The average Bonchev–Trinajstić information content (AvgIpc) is 2.37. The molecule has 104 valence electrons. The molecule has 2 atom stereocenters. The van der Waals surface area contributed by atoms with E-state index in [1.165, 1.54) is 25.1 Å². The normalized spacial score (nSPS) is 13.7. The van der Waals surface area contributed by atoms with Crippen molar-refractivity contribution in [1.29, 1.82) is 0 Å². The number of rotatable bonds is 6. The van der Waals surface area contributed by atoms with Crippen molar-refractivity contribution in [3.05, 3.63) is 29.3 Å². The minimum absolute atomic E-state index is 0.151. The molecule has 0 saturated heterocycles. The molecule has 2 unspecified atom stereocenters. The summed E-state index contributed by atoms with van der Waals surface area (Å²) in [6.45, 7) is 3.49. The zero-order chi connectivity index (χ0) is 14.6. The summed E-state index contributed by atoms with van der Waals surface area (Å²) < 4.78 is 5.34. The molecule has 0 bridgehead atoms. The van der Waals surface area contributed by atoms with E-state index >= 15 is 0 Å². The summed E-state index contributed by atoms with van der Waals surface area (Å²) in [5, 5.41) is 17.3. The summed E-state index contributed by atoms with van der Waals surface area (Å²) in [5.74, 6) is -1.26. The van der Waals surface area contributed by atoms with Crippen LogP contribution in [0.1, 0.15) is 36.5 Å². The van der Waals surface area contributed by atoms with E-state index in [0.29, 0.717) is 17.9 Å². The number of aliphatic hydroxyl groups is 1. The van der Waals surface area contributed by atoms with Gasteiger partial charge >= 0.3 is 5.97 Å². The number of benzene rings is 1. The Labute approximate surface area is 115 Å². The van der Waals surface area contributed by atoms with Crippen LogP contribution in [-0.4, -0.2) is 28.6 Å². The molecular formula is C13H15ClO5. The number of carboxylic acid groups (broad SMARTS) is 1. The lowest BCUT2D eigenvalue weighted by Gasteiger charge is -2.15. The van der Waals surface area contributed by atoms with Gasteiger partial charge in [-0.2, -0.15) is 0 Å². The molecule has 0 aromatic heterocycles. The second-order valence-electron chi connectivity index (χ2n) is 3.94. The Morgan fingerprint density at radius 1 is 1.42 bits per heavy atom. The van der Waals surface area contributed by atoms with Gasteiger partial charge in [-0.1, -0.05) is 6.07 Å². The van der Waals surface area contributed by atoms with Crippen LogP contribution in [0.25, 0.3) is 0 Å². The third-order valence-corrected chi connectivity index (χ3v) is 3.06. The molecule has 0 aliphatic rings. The topological polar surface area (TPSA) is 83.8 Å². The number of alkyl halides is 1. The summed E-state index contributed by atoms with van der Waals surface area (Å²) in [5.41, 5.74) is 0.506. The molecule has 5 nitrogen and oxygen atoms in total. The van der Waals surface area contributed by atoms with E-state index < -0.39 is 17.5 Å². The van der Waals surface area contributed by atoms with Crippen LogP contribution in [0.5, 0.6) is 5.75 Å². The van der Waals surface area contributed by atoms with Gasteiger partial charge in [-0.15, -0.1) is 11.6 Å². The molecule has 1 rings (SSSR count). The van der Waals surface area contributed by atoms with Gasteiger partial charge in [-0.3, -0.25) is 4.79 Å². The number of ether oxygens (including phenoxy) is 1. The van der Waals surface area contributed by atoms with E-state index in [-0.39, 0.29) is 11.3 Å². The second-order valence-corrected chi connectivity index (χ2v) is 4.38. The maximum Gasteiger partial charge on any atom is 0.337 e. The zero-order valence-corrected chi connectivity index (χ0v) is 11.3. The number of carbonyl (C=O) groups excluding carboxylic acids is 1. The number of carboxylic acids is 1. The van der Waals surface area contributed by atoms with Crippen LogP contribution in [0.3, 0.4) is 0 Å². The summed E-state index contributed by atoms with van der Waals surface area (Å²) in [6.07, 6.45) is -1.66. The number of aliphatic hydroxyl groups excluding tert-OH is 1. The van der Waals surface area contributed by atoms with Crippen LogP contribution in [0.4, 0.5) is 0 Å². The van der Waals surface area contributed by atoms with Gasteiger partial charge in [0.2, 0.25) is 0 Å². The predicted octanol–water partition coefficient (Wildman–Crippen LogP) is 2.07. The first-order valence-corrected chi connectivity index (χ1v) is 6.14. The van der Waals surface area contributed by atoms with Gasteiger partial charge in [-0.05, 0) is 31.5 Å². The molecule has 6 heteroatoms. The largest absolute Gasteiger partial charge is 0.494 e. The third-order valence-electron chi connectivity index (χ3n) is 2.51. The molecule has 0 saturated carbocycles. The first-order valence-electron chi connectivity index (χ1n) is 5.70. The molecule has 0 fully saturated rings. The Kier molecular flexibility index (Phi) is 5.32. The van der Waals surface area contributed by atoms with E-state index in [2.05, 4.69) is 0 Å². The number of aliphatic carboxylic acids is 1. The fourth-order valence-corrected chi connectivity index (χ4v) is 1.75. The molecule has 0 amide bonds. The molecule has 0 radical (unpaired) electrons. The van der Waals surface area contributed by atoms with Crippen LogP contribution < -0.4 is 4.74 Å². The molecule has 0 aliphatic carbocycles. The van der Waals surface area contributed by atoms with Crippen LogP contribution in [0.2, 0.25) is 0 Å². The standard InChI is InChI=1S/C13H15ClO5/c1-3-19-10-5-4-8(12(16)13(17)18)6-9(10)11(14)7(2)15/h4-6,11-12,16H,3H2,1-2H3,(H,17,18). The fraction of sp³-hybridized carbons (Fsp3) is 0.385. The molecule has 19 heavy (non-hydrogen) atoms. The monoisotopic (exact) mass is 286 g/mol. The lowest BCUT2D eigenvalue weighted by atomic mass is 10.0. The van der Waals surface area contributed by atoms with Crippen LogP contribution in [0, 0.1) is 0 Å². The van der Waals surface area contributed by atoms with Gasteiger partial charge < -0.3 is 14.9 Å². The van der Waals surface area contributed by atoms with Gasteiger partial charge in [0.25, 0.3) is 0 Å². The molecule has 1 aromatic carbocycles. The van der Waals surface area contributed by atoms with E-state index in [1.807, 2.05) is 0 Å².